The first-order valence-electron chi connectivity index (χ1n) is 11.6. The summed E-state index contributed by atoms with van der Waals surface area (Å²) in [4.78, 5) is 28.5. The molecule has 1 saturated carbocycles. The largest absolute Gasteiger partial charge is 0.359 e. The Morgan fingerprint density at radius 1 is 1.24 bits per heavy atom. The summed E-state index contributed by atoms with van der Waals surface area (Å²) in [6.07, 6.45) is 8.79. The molecule has 2 aliphatic rings. The number of hydrogen-bond donors (Lipinski definition) is 3. The maximum absolute atomic E-state index is 12.3. The van der Waals surface area contributed by atoms with Crippen LogP contribution in [0.2, 0.25) is 0 Å². The molecule has 0 radical (unpaired) electrons. The highest BCUT2D eigenvalue weighted by molar-refractivity contribution is 5.78. The molecule has 2 atom stereocenters. The number of aromatic amines is 1. The van der Waals surface area contributed by atoms with Gasteiger partial charge in [0.25, 0.3) is 0 Å². The van der Waals surface area contributed by atoms with Crippen molar-refractivity contribution in [2.45, 2.75) is 39.0 Å². The minimum atomic E-state index is 0.111. The second-order valence-electron chi connectivity index (χ2n) is 9.32. The second kappa shape index (κ2) is 8.80. The van der Waals surface area contributed by atoms with Gasteiger partial charge in [-0.15, -0.1) is 0 Å². The third kappa shape index (κ3) is 4.53. The van der Waals surface area contributed by atoms with Crippen LogP contribution in [0.4, 0.5) is 17.5 Å². The summed E-state index contributed by atoms with van der Waals surface area (Å²) in [6.45, 7) is 3.79. The standard InChI is InChI=1S/C24H30N8O/c1-16-11-20(31-30-16)27-19-12-21(29-22(28-19)18-6-4-9-26-14-18)32-10-8-24(15-32)7-3-5-17(13-24)23(33)25-2/h4,6,9,11-12,14,17H,3,5,7-8,10,13,15H2,1-2H3,(H,25,33)(H2,27,28,29,30,31). The fraction of sp³-hybridized carbons (Fsp3) is 0.458. The molecular weight excluding hydrogens is 416 g/mol. The Morgan fingerprint density at radius 2 is 2.15 bits per heavy atom. The first kappa shape index (κ1) is 21.4. The van der Waals surface area contributed by atoms with Gasteiger partial charge in [0.2, 0.25) is 5.91 Å². The average Bonchev–Trinajstić information content (AvgIpc) is 3.44. The van der Waals surface area contributed by atoms with Gasteiger partial charge in [-0.05, 0) is 50.2 Å². The first-order chi connectivity index (χ1) is 16.0. The van der Waals surface area contributed by atoms with E-state index in [0.29, 0.717) is 17.5 Å². The molecule has 3 N–H and O–H groups in total. The molecule has 3 aromatic heterocycles. The van der Waals surface area contributed by atoms with Gasteiger partial charge in [0.15, 0.2) is 11.6 Å². The summed E-state index contributed by atoms with van der Waals surface area (Å²) in [5.41, 5.74) is 2.01. The number of pyridine rings is 1. The maximum Gasteiger partial charge on any atom is 0.222 e. The molecule has 9 nitrogen and oxygen atoms in total. The van der Waals surface area contributed by atoms with Crippen LogP contribution in [0, 0.1) is 18.3 Å². The molecular formula is C24H30N8O. The van der Waals surface area contributed by atoms with Crippen molar-refractivity contribution < 1.29 is 4.79 Å². The monoisotopic (exact) mass is 446 g/mol. The molecule has 5 rings (SSSR count). The van der Waals surface area contributed by atoms with Crippen LogP contribution in [0.15, 0.2) is 36.7 Å². The van der Waals surface area contributed by atoms with E-state index in [1.165, 1.54) is 0 Å². The molecule has 0 aromatic carbocycles. The van der Waals surface area contributed by atoms with Crippen LogP contribution in [0.5, 0.6) is 0 Å². The van der Waals surface area contributed by atoms with Gasteiger partial charge in [0.1, 0.15) is 11.6 Å². The normalized spacial score (nSPS) is 22.5. The van der Waals surface area contributed by atoms with E-state index in [1.807, 2.05) is 31.2 Å². The van der Waals surface area contributed by atoms with Crippen molar-refractivity contribution in [3.05, 3.63) is 42.4 Å². The number of aromatic nitrogens is 5. The Hall–Kier alpha value is -3.49. The van der Waals surface area contributed by atoms with E-state index >= 15 is 0 Å². The molecule has 33 heavy (non-hydrogen) atoms. The summed E-state index contributed by atoms with van der Waals surface area (Å²) >= 11 is 0. The summed E-state index contributed by atoms with van der Waals surface area (Å²) in [7, 11) is 1.74. The number of amides is 1. The van der Waals surface area contributed by atoms with Gasteiger partial charge >= 0.3 is 0 Å². The highest BCUT2D eigenvalue weighted by Gasteiger charge is 2.43. The molecule has 1 aliphatic heterocycles. The fourth-order valence-corrected chi connectivity index (χ4v) is 5.28. The van der Waals surface area contributed by atoms with Crippen molar-refractivity contribution >= 4 is 23.4 Å². The minimum absolute atomic E-state index is 0.111. The van der Waals surface area contributed by atoms with Crippen LogP contribution in [-0.2, 0) is 4.79 Å². The minimum Gasteiger partial charge on any atom is -0.359 e. The predicted octanol–water partition coefficient (Wildman–Crippen LogP) is 3.45. The predicted molar refractivity (Wildman–Crippen MR) is 127 cm³/mol. The third-order valence-corrected chi connectivity index (χ3v) is 6.91. The molecule has 1 aliphatic carbocycles. The van der Waals surface area contributed by atoms with E-state index in [4.69, 9.17) is 9.97 Å². The van der Waals surface area contributed by atoms with Gasteiger partial charge in [-0.3, -0.25) is 14.9 Å². The van der Waals surface area contributed by atoms with Crippen molar-refractivity contribution in [3.63, 3.8) is 0 Å². The van der Waals surface area contributed by atoms with E-state index in [-0.39, 0.29) is 17.2 Å². The molecule has 0 bridgehead atoms. The number of aryl methyl sites for hydroxylation is 1. The van der Waals surface area contributed by atoms with Gasteiger partial charge in [-0.2, -0.15) is 5.10 Å². The van der Waals surface area contributed by atoms with Gasteiger partial charge in [0, 0.05) is 61.8 Å². The Kier molecular flexibility index (Phi) is 5.70. The van der Waals surface area contributed by atoms with Crippen molar-refractivity contribution in [1.82, 2.24) is 30.5 Å². The number of hydrogen-bond acceptors (Lipinski definition) is 7. The van der Waals surface area contributed by atoms with Gasteiger partial charge in [-0.25, -0.2) is 9.97 Å². The second-order valence-corrected chi connectivity index (χ2v) is 9.32. The quantitative estimate of drug-likeness (QED) is 0.550. The number of nitrogens with zero attached hydrogens (tertiary/aromatic N) is 5. The lowest BCUT2D eigenvalue weighted by atomic mass is 9.69. The Bertz CT molecular complexity index is 1130. The van der Waals surface area contributed by atoms with E-state index in [1.54, 1.807) is 19.4 Å². The zero-order valence-corrected chi connectivity index (χ0v) is 19.1. The zero-order chi connectivity index (χ0) is 22.8. The lowest BCUT2D eigenvalue weighted by molar-refractivity contribution is -0.126. The van der Waals surface area contributed by atoms with Gasteiger partial charge < -0.3 is 15.5 Å². The first-order valence-corrected chi connectivity index (χ1v) is 11.6. The van der Waals surface area contributed by atoms with Crippen molar-refractivity contribution in [2.75, 3.05) is 30.4 Å². The van der Waals surface area contributed by atoms with Crippen LogP contribution in [0.3, 0.4) is 0 Å². The molecule has 1 saturated heterocycles. The SMILES string of the molecule is CNC(=O)C1CCCC2(CCN(c3cc(Nc4cc(C)[nH]n4)nc(-c4cccnc4)n3)C2)C1. The topological polar surface area (TPSA) is 112 Å². The van der Waals surface area contributed by atoms with E-state index in [9.17, 15) is 4.79 Å². The highest BCUT2D eigenvalue weighted by atomic mass is 16.1. The molecule has 9 heteroatoms. The Labute approximate surface area is 193 Å². The number of carbonyl (C=O) groups excluding carboxylic acids is 1. The van der Waals surface area contributed by atoms with E-state index in [2.05, 4.69) is 30.7 Å². The Balaban J connectivity index is 1.43. The molecule has 3 aromatic rings. The fourth-order valence-electron chi connectivity index (χ4n) is 5.28. The van der Waals surface area contributed by atoms with Crippen LogP contribution >= 0.6 is 0 Å². The number of H-pyrrole nitrogens is 1. The number of anilines is 3. The maximum atomic E-state index is 12.3. The molecule has 2 unspecified atom stereocenters. The van der Waals surface area contributed by atoms with E-state index in [0.717, 1.165) is 62.3 Å². The molecule has 4 heterocycles. The third-order valence-electron chi connectivity index (χ3n) is 6.91. The number of nitrogens with one attached hydrogen (secondary N) is 3. The lowest BCUT2D eigenvalue weighted by Gasteiger charge is -2.37. The summed E-state index contributed by atoms with van der Waals surface area (Å²) in [5.74, 6) is 3.21. The molecule has 1 spiro atoms. The Morgan fingerprint density at radius 3 is 2.91 bits per heavy atom. The zero-order valence-electron chi connectivity index (χ0n) is 19.1. The summed E-state index contributed by atoms with van der Waals surface area (Å²) in [5, 5.41) is 13.4. The molecule has 172 valence electrons. The highest BCUT2D eigenvalue weighted by Crippen LogP contribution is 2.47. The molecule has 1 amide bonds. The van der Waals surface area contributed by atoms with Crippen LogP contribution in [0.25, 0.3) is 11.4 Å². The van der Waals surface area contributed by atoms with Crippen molar-refractivity contribution in [1.29, 1.82) is 0 Å². The van der Waals surface area contributed by atoms with Gasteiger partial charge in [0.05, 0.1) is 0 Å². The van der Waals surface area contributed by atoms with Gasteiger partial charge in [-0.1, -0.05) is 6.42 Å². The summed E-state index contributed by atoms with van der Waals surface area (Å²) in [6, 6.07) is 7.79. The average molecular weight is 447 g/mol. The van der Waals surface area contributed by atoms with Crippen LogP contribution < -0.4 is 15.5 Å². The number of carbonyl (C=O) groups is 1. The van der Waals surface area contributed by atoms with E-state index < -0.39 is 0 Å². The van der Waals surface area contributed by atoms with Crippen LogP contribution in [-0.4, -0.2) is 51.2 Å². The lowest BCUT2D eigenvalue weighted by Crippen LogP contribution is -2.38. The smallest absolute Gasteiger partial charge is 0.222 e. The van der Waals surface area contributed by atoms with Crippen molar-refractivity contribution in [3.8, 4) is 11.4 Å². The molecule has 2 fully saturated rings. The number of rotatable bonds is 5. The van der Waals surface area contributed by atoms with Crippen molar-refractivity contribution in [2.24, 2.45) is 11.3 Å². The van der Waals surface area contributed by atoms with Crippen LogP contribution in [0.1, 0.15) is 37.8 Å². The summed E-state index contributed by atoms with van der Waals surface area (Å²) < 4.78 is 0.